The Morgan fingerprint density at radius 2 is 1.20 bits per heavy atom. The van der Waals surface area contributed by atoms with Gasteiger partial charge in [-0.25, -0.2) is 4.79 Å². The molecule has 0 saturated heterocycles. The first-order chi connectivity index (χ1) is 11.2. The van der Waals surface area contributed by atoms with E-state index in [2.05, 4.69) is 0 Å². The standard InChI is InChI=1S/C17H31NO7/c1-15(2,3)18(25-17(6,7)14(21)24-10)11(12(19)22-8)16(4,5)13(20)23-9/h11H,1-10H3. The van der Waals surface area contributed by atoms with Crippen molar-refractivity contribution in [2.75, 3.05) is 21.3 Å². The van der Waals surface area contributed by atoms with Crippen molar-refractivity contribution < 1.29 is 33.4 Å². The van der Waals surface area contributed by atoms with Crippen LogP contribution in [0.1, 0.15) is 48.5 Å². The SMILES string of the molecule is COC(=O)C(N(OC(C)(C)C(=O)OC)C(C)(C)C)C(C)(C)C(=O)OC. The number of esters is 3. The molecule has 0 aliphatic heterocycles. The highest BCUT2D eigenvalue weighted by Gasteiger charge is 2.52. The Hall–Kier alpha value is -1.67. The number of rotatable bonds is 7. The lowest BCUT2D eigenvalue weighted by atomic mass is 9.82. The van der Waals surface area contributed by atoms with Crippen LogP contribution in [0.4, 0.5) is 0 Å². The maximum atomic E-state index is 12.5. The molecule has 0 aromatic rings. The van der Waals surface area contributed by atoms with Crippen LogP contribution in [0.3, 0.4) is 0 Å². The number of ether oxygens (including phenoxy) is 3. The van der Waals surface area contributed by atoms with Crippen molar-refractivity contribution in [1.29, 1.82) is 0 Å². The summed E-state index contributed by atoms with van der Waals surface area (Å²) in [7, 11) is 3.69. The van der Waals surface area contributed by atoms with E-state index in [4.69, 9.17) is 19.0 Å². The molecule has 0 aliphatic carbocycles. The van der Waals surface area contributed by atoms with Crippen molar-refractivity contribution in [3.05, 3.63) is 0 Å². The maximum Gasteiger partial charge on any atom is 0.339 e. The summed E-state index contributed by atoms with van der Waals surface area (Å²) >= 11 is 0. The number of carbonyl (C=O) groups is 3. The van der Waals surface area contributed by atoms with Crippen LogP contribution in [0.25, 0.3) is 0 Å². The summed E-state index contributed by atoms with van der Waals surface area (Å²) in [5.41, 5.74) is -3.45. The molecule has 0 radical (unpaired) electrons. The molecule has 1 atom stereocenters. The average Bonchev–Trinajstić information content (AvgIpc) is 2.50. The van der Waals surface area contributed by atoms with Crippen molar-refractivity contribution in [2.24, 2.45) is 5.41 Å². The first-order valence-electron chi connectivity index (χ1n) is 7.90. The Bertz CT molecular complexity index is 506. The minimum Gasteiger partial charge on any atom is -0.469 e. The molecule has 0 N–H and O–H groups in total. The summed E-state index contributed by atoms with van der Waals surface area (Å²) in [4.78, 5) is 42.7. The van der Waals surface area contributed by atoms with Gasteiger partial charge >= 0.3 is 17.9 Å². The van der Waals surface area contributed by atoms with Crippen molar-refractivity contribution >= 4 is 17.9 Å². The predicted molar refractivity (Wildman–Crippen MR) is 90.4 cm³/mol. The van der Waals surface area contributed by atoms with E-state index in [1.54, 1.807) is 34.6 Å². The van der Waals surface area contributed by atoms with Gasteiger partial charge in [0.15, 0.2) is 5.60 Å². The molecule has 0 aromatic carbocycles. The number of hydroxylamine groups is 2. The Labute approximate surface area is 149 Å². The van der Waals surface area contributed by atoms with E-state index >= 15 is 0 Å². The molecule has 25 heavy (non-hydrogen) atoms. The van der Waals surface area contributed by atoms with Gasteiger partial charge in [-0.1, -0.05) is 0 Å². The molecule has 8 heteroatoms. The fraction of sp³-hybridized carbons (Fsp3) is 0.824. The zero-order valence-electron chi connectivity index (χ0n) is 16.9. The third-order valence-electron chi connectivity index (χ3n) is 3.72. The number of methoxy groups -OCH3 is 3. The topological polar surface area (TPSA) is 91.4 Å². The van der Waals surface area contributed by atoms with Crippen molar-refractivity contribution in [3.63, 3.8) is 0 Å². The highest BCUT2D eigenvalue weighted by atomic mass is 16.7. The van der Waals surface area contributed by atoms with E-state index < -0.39 is 40.5 Å². The summed E-state index contributed by atoms with van der Waals surface area (Å²) in [6.07, 6.45) is 0. The summed E-state index contributed by atoms with van der Waals surface area (Å²) < 4.78 is 14.5. The van der Waals surface area contributed by atoms with Crippen LogP contribution >= 0.6 is 0 Å². The lowest BCUT2D eigenvalue weighted by Crippen LogP contribution is -2.62. The molecule has 0 bridgehead atoms. The van der Waals surface area contributed by atoms with Gasteiger partial charge in [0.2, 0.25) is 0 Å². The van der Waals surface area contributed by atoms with E-state index in [-0.39, 0.29) is 0 Å². The second kappa shape index (κ2) is 8.14. The fourth-order valence-electron chi connectivity index (χ4n) is 2.28. The highest BCUT2D eigenvalue weighted by Crippen LogP contribution is 2.34. The molecule has 0 spiro atoms. The van der Waals surface area contributed by atoms with Crippen LogP contribution in [0.15, 0.2) is 0 Å². The van der Waals surface area contributed by atoms with Crippen LogP contribution in [0.5, 0.6) is 0 Å². The van der Waals surface area contributed by atoms with Gasteiger partial charge in [-0.05, 0) is 48.5 Å². The van der Waals surface area contributed by atoms with E-state index in [9.17, 15) is 14.4 Å². The van der Waals surface area contributed by atoms with Crippen LogP contribution in [-0.4, -0.2) is 61.5 Å². The highest BCUT2D eigenvalue weighted by molar-refractivity contribution is 5.87. The molecule has 0 aromatic heterocycles. The van der Waals surface area contributed by atoms with Gasteiger partial charge in [0.25, 0.3) is 0 Å². The zero-order chi connectivity index (χ0) is 20.2. The minimum absolute atomic E-state index is 0.614. The van der Waals surface area contributed by atoms with Gasteiger partial charge in [-0.15, -0.1) is 0 Å². The smallest absolute Gasteiger partial charge is 0.339 e. The molecular weight excluding hydrogens is 330 g/mol. The Morgan fingerprint density at radius 3 is 1.52 bits per heavy atom. The fourth-order valence-corrected chi connectivity index (χ4v) is 2.28. The molecule has 0 saturated carbocycles. The largest absolute Gasteiger partial charge is 0.469 e. The van der Waals surface area contributed by atoms with Gasteiger partial charge < -0.3 is 14.2 Å². The summed E-state index contributed by atoms with van der Waals surface area (Å²) in [5, 5.41) is 1.30. The number of carbonyl (C=O) groups excluding carboxylic acids is 3. The lowest BCUT2D eigenvalue weighted by molar-refractivity contribution is -0.300. The maximum absolute atomic E-state index is 12.5. The molecule has 0 fully saturated rings. The summed E-state index contributed by atoms with van der Waals surface area (Å²) in [6, 6.07) is -1.16. The van der Waals surface area contributed by atoms with Crippen LogP contribution in [0, 0.1) is 5.41 Å². The van der Waals surface area contributed by atoms with Crippen molar-refractivity contribution in [1.82, 2.24) is 5.06 Å². The van der Waals surface area contributed by atoms with Gasteiger partial charge in [0.1, 0.15) is 6.04 Å². The molecule has 146 valence electrons. The second-order valence-electron chi connectivity index (χ2n) is 7.73. The first-order valence-corrected chi connectivity index (χ1v) is 7.90. The van der Waals surface area contributed by atoms with Crippen molar-refractivity contribution in [2.45, 2.75) is 65.6 Å². The number of hydrogen-bond acceptors (Lipinski definition) is 8. The molecule has 0 heterocycles. The monoisotopic (exact) mass is 361 g/mol. The van der Waals surface area contributed by atoms with Crippen molar-refractivity contribution in [3.8, 4) is 0 Å². The van der Waals surface area contributed by atoms with E-state index in [0.29, 0.717) is 0 Å². The molecule has 0 amide bonds. The molecule has 1 unspecified atom stereocenters. The summed E-state index contributed by atoms with van der Waals surface area (Å²) in [6.45, 7) is 11.5. The third kappa shape index (κ3) is 5.40. The minimum atomic E-state index is -1.39. The molecule has 0 aliphatic rings. The van der Waals surface area contributed by atoms with Gasteiger partial charge in [-0.3, -0.25) is 14.4 Å². The first kappa shape index (κ1) is 23.3. The number of nitrogens with zero attached hydrogens (tertiary/aromatic N) is 1. The second-order valence-corrected chi connectivity index (χ2v) is 7.73. The third-order valence-corrected chi connectivity index (χ3v) is 3.72. The quantitative estimate of drug-likeness (QED) is 0.384. The Balaban J connectivity index is 6.21. The normalized spacial score (nSPS) is 14.0. The molecular formula is C17H31NO7. The van der Waals surface area contributed by atoms with Crippen LogP contribution < -0.4 is 0 Å². The van der Waals surface area contributed by atoms with E-state index in [0.717, 1.165) is 0 Å². The zero-order valence-corrected chi connectivity index (χ0v) is 16.9. The predicted octanol–water partition coefficient (Wildman–Crippen LogP) is 1.71. The number of hydrogen-bond donors (Lipinski definition) is 0. The Kier molecular flexibility index (Phi) is 7.60. The van der Waals surface area contributed by atoms with E-state index in [1.807, 2.05) is 0 Å². The molecule has 0 rings (SSSR count). The average molecular weight is 361 g/mol. The van der Waals surface area contributed by atoms with E-state index in [1.165, 1.54) is 40.2 Å². The van der Waals surface area contributed by atoms with Gasteiger partial charge in [-0.2, -0.15) is 5.06 Å². The lowest BCUT2D eigenvalue weighted by Gasteiger charge is -2.46. The van der Waals surface area contributed by atoms with Gasteiger partial charge in [0.05, 0.1) is 26.7 Å². The van der Waals surface area contributed by atoms with Gasteiger partial charge in [0, 0.05) is 5.54 Å². The Morgan fingerprint density at radius 1 is 0.760 bits per heavy atom. The van der Waals surface area contributed by atoms with Crippen LogP contribution in [0.2, 0.25) is 0 Å². The van der Waals surface area contributed by atoms with Crippen LogP contribution in [-0.2, 0) is 33.4 Å². The summed E-state index contributed by atoms with van der Waals surface area (Å²) in [5.74, 6) is -1.93. The molecule has 8 nitrogen and oxygen atoms in total.